The molecule has 1 fully saturated rings. The number of rotatable bonds is 3. The Kier molecular flexibility index (Phi) is 3.84. The molecule has 1 unspecified atom stereocenters. The zero-order valence-electron chi connectivity index (χ0n) is 11.5. The first-order valence-corrected chi connectivity index (χ1v) is 7.51. The molecule has 21 heavy (non-hydrogen) atoms. The molecule has 0 aromatic carbocycles. The third kappa shape index (κ3) is 2.61. The number of carbonyl (C=O) groups excluding carboxylic acids is 1. The number of hydrogen-bond donors (Lipinski definition) is 0. The Labute approximate surface area is 124 Å². The topological polar surface area (TPSA) is 82.2 Å². The summed E-state index contributed by atoms with van der Waals surface area (Å²) >= 11 is 1.39. The predicted octanol–water partition coefficient (Wildman–Crippen LogP) is -0.0897. The van der Waals surface area contributed by atoms with Gasteiger partial charge in [-0.3, -0.25) is 4.79 Å². The third-order valence-corrected chi connectivity index (χ3v) is 4.21. The van der Waals surface area contributed by atoms with Crippen molar-refractivity contribution in [1.29, 1.82) is 0 Å². The van der Waals surface area contributed by atoms with Gasteiger partial charge in [0.15, 0.2) is 0 Å². The highest BCUT2D eigenvalue weighted by Crippen LogP contribution is 2.12. The highest BCUT2D eigenvalue weighted by Gasteiger charge is 2.26. The van der Waals surface area contributed by atoms with Gasteiger partial charge in [0.1, 0.15) is 11.0 Å². The molecule has 0 N–H and O–H groups in total. The molecule has 2 aromatic rings. The molecule has 1 saturated heterocycles. The number of amides is 1. The summed E-state index contributed by atoms with van der Waals surface area (Å²) in [6.07, 6.45) is 0. The Morgan fingerprint density at radius 1 is 1.38 bits per heavy atom. The monoisotopic (exact) mass is 309 g/mol. The molecule has 1 amide bonds. The van der Waals surface area contributed by atoms with E-state index in [2.05, 4.69) is 10.4 Å². The van der Waals surface area contributed by atoms with E-state index in [1.807, 2.05) is 11.4 Å². The zero-order chi connectivity index (χ0) is 14.8. The minimum atomic E-state index is -0.677. The fourth-order valence-corrected chi connectivity index (χ4v) is 2.85. The molecule has 0 aliphatic carbocycles. The number of morpholine rings is 1. The van der Waals surface area contributed by atoms with Gasteiger partial charge in [0.05, 0.1) is 13.2 Å². The Morgan fingerprint density at radius 2 is 2.14 bits per heavy atom. The summed E-state index contributed by atoms with van der Waals surface area (Å²) in [6, 6.07) is 2.93. The van der Waals surface area contributed by atoms with Crippen molar-refractivity contribution in [2.75, 3.05) is 26.3 Å². The summed E-state index contributed by atoms with van der Waals surface area (Å²) < 4.78 is 7.54. The number of nitrogens with zero attached hydrogens (tertiary/aromatic N) is 5. The van der Waals surface area contributed by atoms with Crippen molar-refractivity contribution < 1.29 is 9.53 Å². The molecule has 0 radical (unpaired) electrons. The molecule has 2 aromatic heterocycles. The molecule has 1 aliphatic heterocycles. The van der Waals surface area contributed by atoms with Crippen LogP contribution in [0.2, 0.25) is 0 Å². The molecular formula is C12H15N5O3S. The van der Waals surface area contributed by atoms with Crippen LogP contribution in [0.25, 0.3) is 5.00 Å². The molecule has 0 saturated carbocycles. The Hall–Kier alpha value is -2.00. The summed E-state index contributed by atoms with van der Waals surface area (Å²) in [4.78, 5) is 26.4. The summed E-state index contributed by atoms with van der Waals surface area (Å²) in [7, 11) is 0. The summed E-state index contributed by atoms with van der Waals surface area (Å²) in [6.45, 7) is 3.78. The maximum Gasteiger partial charge on any atom is 0.370 e. The van der Waals surface area contributed by atoms with E-state index in [-0.39, 0.29) is 5.91 Å². The second-order valence-corrected chi connectivity index (χ2v) is 5.61. The van der Waals surface area contributed by atoms with Crippen LogP contribution in [0.15, 0.2) is 22.3 Å². The van der Waals surface area contributed by atoms with E-state index in [4.69, 9.17) is 4.74 Å². The van der Waals surface area contributed by atoms with Gasteiger partial charge in [0, 0.05) is 13.1 Å². The minimum absolute atomic E-state index is 0.140. The van der Waals surface area contributed by atoms with Crippen LogP contribution in [-0.4, -0.2) is 56.9 Å². The number of thiophene rings is 1. The molecule has 1 aliphatic rings. The van der Waals surface area contributed by atoms with Gasteiger partial charge in [-0.05, 0) is 34.9 Å². The number of carbonyl (C=O) groups is 1. The average Bonchev–Trinajstić information content (AvgIpc) is 3.16. The van der Waals surface area contributed by atoms with Crippen LogP contribution in [0.1, 0.15) is 13.0 Å². The van der Waals surface area contributed by atoms with Crippen LogP contribution in [0.5, 0.6) is 0 Å². The van der Waals surface area contributed by atoms with E-state index in [1.165, 1.54) is 16.0 Å². The van der Waals surface area contributed by atoms with E-state index in [0.717, 1.165) is 4.68 Å². The molecule has 9 heteroatoms. The van der Waals surface area contributed by atoms with Crippen molar-refractivity contribution >= 4 is 17.2 Å². The highest BCUT2D eigenvalue weighted by atomic mass is 32.1. The van der Waals surface area contributed by atoms with Crippen LogP contribution >= 0.6 is 11.3 Å². The number of ether oxygens (including phenoxy) is 1. The fourth-order valence-electron chi connectivity index (χ4n) is 2.18. The lowest BCUT2D eigenvalue weighted by molar-refractivity contribution is -0.138. The lowest BCUT2D eigenvalue weighted by Gasteiger charge is -2.28. The Balaban J connectivity index is 1.83. The smallest absolute Gasteiger partial charge is 0.370 e. The number of aromatic nitrogens is 4. The van der Waals surface area contributed by atoms with Crippen molar-refractivity contribution in [3.05, 3.63) is 28.0 Å². The van der Waals surface area contributed by atoms with Gasteiger partial charge in [-0.25, -0.2) is 4.79 Å². The fraction of sp³-hybridized carbons (Fsp3) is 0.500. The van der Waals surface area contributed by atoms with E-state index in [0.29, 0.717) is 31.3 Å². The average molecular weight is 309 g/mol. The van der Waals surface area contributed by atoms with Gasteiger partial charge in [-0.1, -0.05) is 0 Å². The molecule has 3 heterocycles. The van der Waals surface area contributed by atoms with Crippen LogP contribution < -0.4 is 5.69 Å². The van der Waals surface area contributed by atoms with Crippen molar-refractivity contribution in [3.63, 3.8) is 0 Å². The van der Waals surface area contributed by atoms with Gasteiger partial charge in [-0.2, -0.15) is 9.36 Å². The molecule has 8 nitrogen and oxygen atoms in total. The molecule has 0 bridgehead atoms. The first kappa shape index (κ1) is 14.0. The second-order valence-electron chi connectivity index (χ2n) is 4.68. The first-order chi connectivity index (χ1) is 10.2. The van der Waals surface area contributed by atoms with Crippen LogP contribution in [0, 0.1) is 0 Å². The van der Waals surface area contributed by atoms with Crippen LogP contribution in [-0.2, 0) is 9.53 Å². The van der Waals surface area contributed by atoms with Crippen LogP contribution in [0.4, 0.5) is 0 Å². The van der Waals surface area contributed by atoms with E-state index in [9.17, 15) is 9.59 Å². The SMILES string of the molecule is CC(C(=O)N1CCOCC1)n1nnn(-c2cccs2)c1=O. The van der Waals surface area contributed by atoms with Crippen molar-refractivity contribution in [3.8, 4) is 5.00 Å². The van der Waals surface area contributed by atoms with Gasteiger partial charge < -0.3 is 9.64 Å². The van der Waals surface area contributed by atoms with Crippen molar-refractivity contribution in [1.82, 2.24) is 24.7 Å². The molecule has 112 valence electrons. The number of hydrogen-bond acceptors (Lipinski definition) is 6. The maximum absolute atomic E-state index is 12.4. The maximum atomic E-state index is 12.4. The summed E-state index contributed by atoms with van der Waals surface area (Å²) in [5.74, 6) is -0.140. The number of tetrazole rings is 1. The predicted molar refractivity (Wildman–Crippen MR) is 75.6 cm³/mol. The van der Waals surface area contributed by atoms with Gasteiger partial charge >= 0.3 is 5.69 Å². The Bertz CT molecular complexity index is 671. The lowest BCUT2D eigenvalue weighted by Crippen LogP contribution is -2.45. The summed E-state index contributed by atoms with van der Waals surface area (Å²) in [5.41, 5.74) is -0.411. The van der Waals surface area contributed by atoms with E-state index >= 15 is 0 Å². The quantitative estimate of drug-likeness (QED) is 0.791. The Morgan fingerprint density at radius 3 is 2.81 bits per heavy atom. The second kappa shape index (κ2) is 5.78. The molecule has 3 rings (SSSR count). The standard InChI is InChI=1S/C12H15N5O3S/c1-9(11(18)15-4-6-20-7-5-15)16-12(19)17(14-13-16)10-3-2-8-21-10/h2-3,8-9H,4-7H2,1H3. The first-order valence-electron chi connectivity index (χ1n) is 6.63. The molecular weight excluding hydrogens is 294 g/mol. The molecule has 0 spiro atoms. The van der Waals surface area contributed by atoms with Gasteiger partial charge in [-0.15, -0.1) is 11.3 Å². The van der Waals surface area contributed by atoms with E-state index < -0.39 is 11.7 Å². The van der Waals surface area contributed by atoms with Gasteiger partial charge in [0.2, 0.25) is 5.91 Å². The largest absolute Gasteiger partial charge is 0.378 e. The zero-order valence-corrected chi connectivity index (χ0v) is 12.3. The minimum Gasteiger partial charge on any atom is -0.378 e. The third-order valence-electron chi connectivity index (χ3n) is 3.36. The van der Waals surface area contributed by atoms with Gasteiger partial charge in [0.25, 0.3) is 0 Å². The molecule has 1 atom stereocenters. The normalized spacial score (nSPS) is 16.9. The van der Waals surface area contributed by atoms with Crippen molar-refractivity contribution in [2.24, 2.45) is 0 Å². The van der Waals surface area contributed by atoms with Crippen molar-refractivity contribution in [2.45, 2.75) is 13.0 Å². The highest BCUT2D eigenvalue weighted by molar-refractivity contribution is 7.12. The lowest BCUT2D eigenvalue weighted by atomic mass is 10.2. The summed E-state index contributed by atoms with van der Waals surface area (Å²) in [5, 5.41) is 10.2. The van der Waals surface area contributed by atoms with Crippen LogP contribution in [0.3, 0.4) is 0 Å². The van der Waals surface area contributed by atoms with E-state index in [1.54, 1.807) is 17.9 Å².